The van der Waals surface area contributed by atoms with Crippen LogP contribution in [0, 0.1) is 5.92 Å². The number of carbonyl (C=O) groups is 1. The van der Waals surface area contributed by atoms with Crippen LogP contribution in [-0.2, 0) is 6.54 Å². The number of ether oxygens (including phenoxy) is 2. The molecule has 1 aliphatic rings. The molecule has 0 spiro atoms. The average molecular weight is 454 g/mol. The number of hydrogen-bond acceptors (Lipinski definition) is 6. The van der Waals surface area contributed by atoms with E-state index in [1.165, 1.54) is 24.2 Å². The molecule has 1 N–H and O–H groups in total. The molecule has 1 saturated heterocycles. The van der Waals surface area contributed by atoms with E-state index in [0.717, 1.165) is 31.2 Å². The van der Waals surface area contributed by atoms with Gasteiger partial charge in [-0.05, 0) is 53.4 Å². The fourth-order valence-electron chi connectivity index (χ4n) is 3.27. The van der Waals surface area contributed by atoms with Gasteiger partial charge >= 0.3 is 0 Å². The summed E-state index contributed by atoms with van der Waals surface area (Å²) in [5.74, 6) is 1.57. The Morgan fingerprint density at radius 1 is 1.37 bits per heavy atom. The molecule has 2 heterocycles. The number of rotatable bonds is 6. The Hall–Kier alpha value is -1.64. The highest BCUT2D eigenvalue weighted by Gasteiger charge is 2.19. The van der Waals surface area contributed by atoms with E-state index in [1.807, 2.05) is 5.38 Å². The molecule has 1 aliphatic heterocycles. The van der Waals surface area contributed by atoms with Crippen LogP contribution in [0.25, 0.3) is 0 Å². The van der Waals surface area contributed by atoms with Crippen LogP contribution in [0.3, 0.4) is 0 Å². The zero-order valence-electron chi connectivity index (χ0n) is 15.8. The van der Waals surface area contributed by atoms with Gasteiger partial charge in [0.15, 0.2) is 5.13 Å². The summed E-state index contributed by atoms with van der Waals surface area (Å²) in [7, 11) is 3.10. The van der Waals surface area contributed by atoms with Crippen LogP contribution in [0.5, 0.6) is 11.5 Å². The van der Waals surface area contributed by atoms with Crippen LogP contribution in [0.1, 0.15) is 35.8 Å². The second-order valence-corrected chi connectivity index (χ2v) is 8.43. The van der Waals surface area contributed by atoms with Crippen molar-refractivity contribution in [3.05, 3.63) is 33.2 Å². The zero-order valence-corrected chi connectivity index (χ0v) is 18.2. The Labute approximate surface area is 172 Å². The Bertz CT molecular complexity index is 786. The van der Waals surface area contributed by atoms with Crippen molar-refractivity contribution in [3.8, 4) is 11.5 Å². The molecule has 1 atom stereocenters. The number of anilines is 1. The molecule has 27 heavy (non-hydrogen) atoms. The molecule has 0 bridgehead atoms. The number of amides is 1. The summed E-state index contributed by atoms with van der Waals surface area (Å²) in [6, 6.07) is 3.34. The van der Waals surface area contributed by atoms with Crippen LogP contribution in [0.4, 0.5) is 5.13 Å². The molecule has 1 aromatic carbocycles. The molecule has 2 aromatic rings. The number of nitrogens with zero attached hydrogens (tertiary/aromatic N) is 2. The molecular weight excluding hydrogens is 430 g/mol. The van der Waals surface area contributed by atoms with Gasteiger partial charge in [-0.3, -0.25) is 15.0 Å². The largest absolute Gasteiger partial charge is 0.495 e. The van der Waals surface area contributed by atoms with E-state index in [1.54, 1.807) is 26.4 Å². The first-order chi connectivity index (χ1) is 13.0. The quantitative estimate of drug-likeness (QED) is 0.701. The van der Waals surface area contributed by atoms with Gasteiger partial charge < -0.3 is 9.47 Å². The van der Waals surface area contributed by atoms with Gasteiger partial charge in [-0.25, -0.2) is 4.98 Å². The maximum atomic E-state index is 12.6. The molecule has 1 aromatic heterocycles. The predicted octanol–water partition coefficient (Wildman–Crippen LogP) is 4.41. The highest BCUT2D eigenvalue weighted by molar-refractivity contribution is 9.10. The lowest BCUT2D eigenvalue weighted by Crippen LogP contribution is -2.33. The van der Waals surface area contributed by atoms with E-state index in [2.05, 4.69) is 38.1 Å². The lowest BCUT2D eigenvalue weighted by atomic mass is 10.0. The van der Waals surface area contributed by atoms with Crippen molar-refractivity contribution < 1.29 is 14.3 Å². The third kappa shape index (κ3) is 5.00. The van der Waals surface area contributed by atoms with Crippen molar-refractivity contribution in [2.24, 2.45) is 5.92 Å². The first-order valence-electron chi connectivity index (χ1n) is 8.89. The van der Waals surface area contributed by atoms with Crippen LogP contribution < -0.4 is 14.8 Å². The van der Waals surface area contributed by atoms with Crippen molar-refractivity contribution in [3.63, 3.8) is 0 Å². The first kappa shape index (κ1) is 20.1. The van der Waals surface area contributed by atoms with Crippen molar-refractivity contribution in [2.45, 2.75) is 26.3 Å². The SMILES string of the molecule is COc1cc(C(=O)Nc2nc(CN3CCC[C@@H](C)C3)cs2)cc(OC)c1Br. The lowest BCUT2D eigenvalue weighted by Gasteiger charge is -2.30. The molecule has 0 aliphatic carbocycles. The second-order valence-electron chi connectivity index (χ2n) is 6.78. The van der Waals surface area contributed by atoms with Gasteiger partial charge in [0.25, 0.3) is 5.91 Å². The number of piperidine rings is 1. The second kappa shape index (κ2) is 9.03. The average Bonchev–Trinajstić information content (AvgIpc) is 3.08. The van der Waals surface area contributed by atoms with Gasteiger partial charge in [-0.2, -0.15) is 0 Å². The van der Waals surface area contributed by atoms with Gasteiger partial charge in [0.1, 0.15) is 16.0 Å². The third-order valence-corrected chi connectivity index (χ3v) is 6.19. The fraction of sp³-hybridized carbons (Fsp3) is 0.474. The number of thiazole rings is 1. The number of halogens is 1. The number of methoxy groups -OCH3 is 2. The molecule has 146 valence electrons. The number of hydrogen-bond donors (Lipinski definition) is 1. The minimum atomic E-state index is -0.244. The highest BCUT2D eigenvalue weighted by Crippen LogP contribution is 2.35. The third-order valence-electron chi connectivity index (χ3n) is 4.61. The monoisotopic (exact) mass is 453 g/mol. The topological polar surface area (TPSA) is 63.7 Å². The standard InChI is InChI=1S/C19H24BrN3O3S/c1-12-5-4-6-23(9-12)10-14-11-27-19(21-14)22-18(24)13-7-15(25-2)17(20)16(8-13)26-3/h7-8,11-12H,4-6,9-10H2,1-3H3,(H,21,22,24)/t12-/m1/s1. The maximum absolute atomic E-state index is 12.6. The molecule has 8 heteroatoms. The molecule has 0 unspecified atom stereocenters. The molecule has 0 saturated carbocycles. The molecule has 3 rings (SSSR count). The Morgan fingerprint density at radius 2 is 2.07 bits per heavy atom. The molecule has 0 radical (unpaired) electrons. The number of likely N-dealkylation sites (tertiary alicyclic amines) is 1. The van der Waals surface area contributed by atoms with Crippen molar-refractivity contribution in [2.75, 3.05) is 32.6 Å². The highest BCUT2D eigenvalue weighted by atomic mass is 79.9. The van der Waals surface area contributed by atoms with Gasteiger partial charge in [0.2, 0.25) is 0 Å². The lowest BCUT2D eigenvalue weighted by molar-refractivity contribution is 0.102. The van der Waals surface area contributed by atoms with E-state index in [4.69, 9.17) is 9.47 Å². The van der Waals surface area contributed by atoms with E-state index < -0.39 is 0 Å². The summed E-state index contributed by atoms with van der Waals surface area (Å²) in [5, 5.41) is 5.48. The van der Waals surface area contributed by atoms with Gasteiger partial charge in [-0.15, -0.1) is 11.3 Å². The Kier molecular flexibility index (Phi) is 6.73. The fourth-order valence-corrected chi connectivity index (χ4v) is 4.52. The molecule has 6 nitrogen and oxygen atoms in total. The first-order valence-corrected chi connectivity index (χ1v) is 10.6. The van der Waals surface area contributed by atoms with E-state index in [0.29, 0.717) is 26.7 Å². The van der Waals surface area contributed by atoms with Crippen molar-refractivity contribution in [1.29, 1.82) is 0 Å². The Balaban J connectivity index is 1.67. The van der Waals surface area contributed by atoms with Crippen molar-refractivity contribution in [1.82, 2.24) is 9.88 Å². The molecular formula is C19H24BrN3O3S. The summed E-state index contributed by atoms with van der Waals surface area (Å²) in [6.07, 6.45) is 2.54. The zero-order chi connectivity index (χ0) is 19.4. The molecule has 1 amide bonds. The van der Waals surface area contributed by atoms with Crippen LogP contribution in [0.2, 0.25) is 0 Å². The number of nitrogens with one attached hydrogen (secondary N) is 1. The summed E-state index contributed by atoms with van der Waals surface area (Å²) in [6.45, 7) is 5.34. The van der Waals surface area contributed by atoms with Crippen LogP contribution >= 0.6 is 27.3 Å². The normalized spacial score (nSPS) is 17.6. The summed E-state index contributed by atoms with van der Waals surface area (Å²) >= 11 is 4.85. The Morgan fingerprint density at radius 3 is 2.70 bits per heavy atom. The van der Waals surface area contributed by atoms with Gasteiger partial charge in [0.05, 0.1) is 19.9 Å². The summed E-state index contributed by atoms with van der Waals surface area (Å²) in [5.41, 5.74) is 1.45. The van der Waals surface area contributed by atoms with Crippen LogP contribution in [0.15, 0.2) is 22.0 Å². The van der Waals surface area contributed by atoms with Crippen LogP contribution in [-0.4, -0.2) is 43.1 Å². The molecule has 1 fully saturated rings. The number of carbonyl (C=O) groups excluding carboxylic acids is 1. The summed E-state index contributed by atoms with van der Waals surface area (Å²) < 4.78 is 11.3. The van der Waals surface area contributed by atoms with Crippen molar-refractivity contribution >= 4 is 38.3 Å². The maximum Gasteiger partial charge on any atom is 0.257 e. The number of benzene rings is 1. The summed E-state index contributed by atoms with van der Waals surface area (Å²) in [4.78, 5) is 19.6. The van der Waals surface area contributed by atoms with E-state index in [9.17, 15) is 4.79 Å². The van der Waals surface area contributed by atoms with E-state index in [-0.39, 0.29) is 5.91 Å². The minimum absolute atomic E-state index is 0.244. The minimum Gasteiger partial charge on any atom is -0.495 e. The van der Waals surface area contributed by atoms with Gasteiger partial charge in [0, 0.05) is 24.0 Å². The van der Waals surface area contributed by atoms with Gasteiger partial charge in [-0.1, -0.05) is 6.92 Å². The van der Waals surface area contributed by atoms with E-state index >= 15 is 0 Å². The number of aromatic nitrogens is 1. The smallest absolute Gasteiger partial charge is 0.257 e. The predicted molar refractivity (Wildman–Crippen MR) is 111 cm³/mol.